The molecule has 0 bridgehead atoms. The molecule has 90 valence electrons. The number of nitrogens with one attached hydrogen (secondary N) is 1. The van der Waals surface area contributed by atoms with Crippen molar-refractivity contribution < 1.29 is 9.59 Å². The van der Waals surface area contributed by atoms with Gasteiger partial charge in [-0.15, -0.1) is 11.6 Å². The van der Waals surface area contributed by atoms with Gasteiger partial charge in [-0.05, 0) is 12.1 Å². The van der Waals surface area contributed by atoms with E-state index in [1.807, 2.05) is 12.1 Å². The second kappa shape index (κ2) is 4.75. The Hall–Kier alpha value is -1.55. The number of amides is 2. The summed E-state index contributed by atoms with van der Waals surface area (Å²) in [5.74, 6) is -0.172. The molecule has 1 fully saturated rings. The highest BCUT2D eigenvalue weighted by molar-refractivity contribution is 6.24. The monoisotopic (exact) mass is 252 g/mol. The number of benzene rings is 1. The van der Waals surface area contributed by atoms with Crippen LogP contribution in [0.2, 0.25) is 0 Å². The zero-order chi connectivity index (χ0) is 12.4. The molecule has 0 radical (unpaired) electrons. The Balaban J connectivity index is 2.31. The fourth-order valence-electron chi connectivity index (χ4n) is 1.90. The molecular weight excluding hydrogens is 240 g/mol. The van der Waals surface area contributed by atoms with Crippen molar-refractivity contribution in [1.29, 1.82) is 0 Å². The molecule has 17 heavy (non-hydrogen) atoms. The summed E-state index contributed by atoms with van der Waals surface area (Å²) in [6, 6.07) is 7.21. The van der Waals surface area contributed by atoms with Crippen LogP contribution >= 0.6 is 11.6 Å². The first-order chi connectivity index (χ1) is 8.08. The lowest BCUT2D eigenvalue weighted by atomic mass is 10.2. The first-order valence-electron chi connectivity index (χ1n) is 5.39. The van der Waals surface area contributed by atoms with Crippen molar-refractivity contribution in [3.05, 3.63) is 24.3 Å². The van der Waals surface area contributed by atoms with Crippen LogP contribution in [0.3, 0.4) is 0 Å². The van der Waals surface area contributed by atoms with Crippen molar-refractivity contribution in [1.82, 2.24) is 0 Å². The molecule has 1 atom stereocenters. The topological polar surface area (TPSA) is 49.4 Å². The van der Waals surface area contributed by atoms with Gasteiger partial charge in [-0.1, -0.05) is 12.1 Å². The van der Waals surface area contributed by atoms with Gasteiger partial charge in [-0.3, -0.25) is 9.59 Å². The Morgan fingerprint density at radius 1 is 1.47 bits per heavy atom. The van der Waals surface area contributed by atoms with Gasteiger partial charge in [0, 0.05) is 19.9 Å². The van der Waals surface area contributed by atoms with Crippen LogP contribution in [0.25, 0.3) is 0 Å². The quantitative estimate of drug-likeness (QED) is 0.819. The van der Waals surface area contributed by atoms with E-state index < -0.39 is 0 Å². The molecule has 0 saturated carbocycles. The molecule has 1 aliphatic rings. The fourth-order valence-corrected chi connectivity index (χ4v) is 2.17. The van der Waals surface area contributed by atoms with Crippen LogP contribution < -0.4 is 10.2 Å². The summed E-state index contributed by atoms with van der Waals surface area (Å²) in [4.78, 5) is 24.5. The van der Waals surface area contributed by atoms with E-state index in [0.29, 0.717) is 24.3 Å². The third-order valence-electron chi connectivity index (χ3n) is 2.58. The molecule has 1 saturated heterocycles. The Bertz CT molecular complexity index is 462. The second-order valence-corrected chi connectivity index (χ2v) is 4.62. The smallest absolute Gasteiger partial charge is 0.228 e. The minimum absolute atomic E-state index is 0.0113. The van der Waals surface area contributed by atoms with Crippen LogP contribution in [0.5, 0.6) is 0 Å². The van der Waals surface area contributed by atoms with Crippen LogP contribution in [0.15, 0.2) is 24.3 Å². The van der Waals surface area contributed by atoms with E-state index in [1.54, 1.807) is 17.0 Å². The lowest BCUT2D eigenvalue weighted by Crippen LogP contribution is -2.26. The van der Waals surface area contributed by atoms with Crippen molar-refractivity contribution in [2.45, 2.75) is 18.7 Å². The molecule has 1 heterocycles. The molecule has 1 N–H and O–H groups in total. The summed E-state index contributed by atoms with van der Waals surface area (Å²) in [6.07, 6.45) is 0.343. The number of alkyl halides is 1. The average Bonchev–Trinajstić information content (AvgIpc) is 2.58. The SMILES string of the molecule is CC(=O)Nc1ccccc1N1CC(Cl)CC1=O. The van der Waals surface area contributed by atoms with E-state index in [4.69, 9.17) is 11.6 Å². The number of hydrogen-bond donors (Lipinski definition) is 1. The van der Waals surface area contributed by atoms with E-state index in [1.165, 1.54) is 6.92 Å². The van der Waals surface area contributed by atoms with E-state index in [-0.39, 0.29) is 17.2 Å². The molecule has 1 unspecified atom stereocenters. The van der Waals surface area contributed by atoms with Crippen molar-refractivity contribution in [3.63, 3.8) is 0 Å². The maximum absolute atomic E-state index is 11.8. The first-order valence-corrected chi connectivity index (χ1v) is 5.82. The first kappa shape index (κ1) is 11.9. The third kappa shape index (κ3) is 2.58. The molecule has 0 aromatic heterocycles. The van der Waals surface area contributed by atoms with Gasteiger partial charge >= 0.3 is 0 Å². The highest BCUT2D eigenvalue weighted by atomic mass is 35.5. The molecule has 0 spiro atoms. The summed E-state index contributed by atoms with van der Waals surface area (Å²) >= 11 is 5.96. The summed E-state index contributed by atoms with van der Waals surface area (Å²) in [5.41, 5.74) is 1.34. The zero-order valence-corrected chi connectivity index (χ0v) is 10.2. The van der Waals surface area contributed by atoms with E-state index in [9.17, 15) is 9.59 Å². The summed E-state index contributed by atoms with van der Waals surface area (Å²) < 4.78 is 0. The number of carbonyl (C=O) groups excluding carboxylic acids is 2. The van der Waals surface area contributed by atoms with E-state index >= 15 is 0 Å². The third-order valence-corrected chi connectivity index (χ3v) is 2.88. The molecule has 1 aromatic rings. The normalized spacial score (nSPS) is 19.5. The number of hydrogen-bond acceptors (Lipinski definition) is 2. The van der Waals surface area contributed by atoms with Crippen LogP contribution in [0, 0.1) is 0 Å². The van der Waals surface area contributed by atoms with Crippen molar-refractivity contribution in [3.8, 4) is 0 Å². The Morgan fingerprint density at radius 3 is 2.76 bits per heavy atom. The lowest BCUT2D eigenvalue weighted by Gasteiger charge is -2.19. The standard InChI is InChI=1S/C12H13ClN2O2/c1-8(16)14-10-4-2-3-5-11(10)15-7-9(13)6-12(15)17/h2-5,9H,6-7H2,1H3,(H,14,16). The van der Waals surface area contributed by atoms with Gasteiger partial charge in [-0.25, -0.2) is 0 Å². The van der Waals surface area contributed by atoms with Gasteiger partial charge in [0.25, 0.3) is 0 Å². The number of para-hydroxylation sites is 2. The second-order valence-electron chi connectivity index (χ2n) is 4.00. The predicted molar refractivity (Wildman–Crippen MR) is 67.4 cm³/mol. The highest BCUT2D eigenvalue weighted by Gasteiger charge is 2.30. The van der Waals surface area contributed by atoms with Crippen LogP contribution in [-0.4, -0.2) is 23.7 Å². The van der Waals surface area contributed by atoms with Crippen LogP contribution in [0.1, 0.15) is 13.3 Å². The number of anilines is 2. The number of nitrogens with zero attached hydrogens (tertiary/aromatic N) is 1. The molecule has 2 amide bonds. The summed E-state index contributed by atoms with van der Waals surface area (Å²) in [5, 5.41) is 2.55. The van der Waals surface area contributed by atoms with Gasteiger partial charge in [0.2, 0.25) is 11.8 Å². The summed E-state index contributed by atoms with van der Waals surface area (Å²) in [7, 11) is 0. The number of rotatable bonds is 2. The van der Waals surface area contributed by atoms with Gasteiger partial charge in [0.05, 0.1) is 16.8 Å². The van der Waals surface area contributed by atoms with Gasteiger partial charge in [-0.2, -0.15) is 0 Å². The Morgan fingerprint density at radius 2 is 2.18 bits per heavy atom. The van der Waals surface area contributed by atoms with Gasteiger partial charge in [0.1, 0.15) is 0 Å². The average molecular weight is 253 g/mol. The van der Waals surface area contributed by atoms with Crippen LogP contribution in [-0.2, 0) is 9.59 Å². The molecule has 2 rings (SSSR count). The maximum Gasteiger partial charge on any atom is 0.228 e. The Labute approximate surface area is 105 Å². The molecule has 4 nitrogen and oxygen atoms in total. The Kier molecular flexibility index (Phi) is 3.33. The largest absolute Gasteiger partial charge is 0.325 e. The molecular formula is C12H13ClN2O2. The van der Waals surface area contributed by atoms with Crippen molar-refractivity contribution in [2.24, 2.45) is 0 Å². The maximum atomic E-state index is 11.8. The lowest BCUT2D eigenvalue weighted by molar-refractivity contribution is -0.117. The number of halogens is 1. The van der Waals surface area contributed by atoms with Gasteiger partial charge < -0.3 is 10.2 Å². The van der Waals surface area contributed by atoms with Crippen molar-refractivity contribution in [2.75, 3.05) is 16.8 Å². The minimum Gasteiger partial charge on any atom is -0.325 e. The highest BCUT2D eigenvalue weighted by Crippen LogP contribution is 2.30. The van der Waals surface area contributed by atoms with E-state index in [2.05, 4.69) is 5.32 Å². The molecule has 5 heteroatoms. The van der Waals surface area contributed by atoms with Crippen molar-refractivity contribution >= 4 is 34.8 Å². The minimum atomic E-state index is -0.161. The molecule has 0 aliphatic carbocycles. The summed E-state index contributed by atoms with van der Waals surface area (Å²) in [6.45, 7) is 1.92. The zero-order valence-electron chi connectivity index (χ0n) is 9.44. The fraction of sp³-hybridized carbons (Fsp3) is 0.333. The predicted octanol–water partition coefficient (Wildman–Crippen LogP) is 1.99. The van der Waals surface area contributed by atoms with Crippen LogP contribution in [0.4, 0.5) is 11.4 Å². The van der Waals surface area contributed by atoms with E-state index in [0.717, 1.165) is 0 Å². The molecule has 1 aromatic carbocycles. The van der Waals surface area contributed by atoms with Gasteiger partial charge in [0.15, 0.2) is 0 Å². The molecule has 1 aliphatic heterocycles. The number of carbonyl (C=O) groups is 2.